The summed E-state index contributed by atoms with van der Waals surface area (Å²) < 4.78 is 0. The van der Waals surface area contributed by atoms with Crippen molar-refractivity contribution in [2.24, 2.45) is 0 Å². The predicted octanol–water partition coefficient (Wildman–Crippen LogP) is 9.56. The van der Waals surface area contributed by atoms with E-state index in [1.807, 2.05) is 0 Å². The molecule has 0 aliphatic carbocycles. The number of unbranched alkanes of at least 4 members (excludes halogenated alkanes) is 9. The van der Waals surface area contributed by atoms with Crippen LogP contribution in [0.2, 0.25) is 17.5 Å². The zero-order chi connectivity index (χ0) is 18.9. The molecule has 0 saturated carbocycles. The van der Waals surface area contributed by atoms with Crippen molar-refractivity contribution >= 4 is 6.71 Å². The second kappa shape index (κ2) is 17.5. The molecule has 25 heavy (non-hydrogen) atoms. The van der Waals surface area contributed by atoms with Crippen LogP contribution in [0.25, 0.3) is 0 Å². The van der Waals surface area contributed by atoms with Crippen molar-refractivity contribution in [1.29, 1.82) is 0 Å². The highest BCUT2D eigenvalue weighted by atomic mass is 14.1. The standard InChI is InChI=1S/C24H51B/c1-7-10-13-16-19-22(4)25(23(5)20-17-14-11-8-2)24(6)21-18-15-12-9-3/h22-24H,7-21H2,1-6H3. The maximum atomic E-state index is 2.57. The van der Waals surface area contributed by atoms with E-state index in [1.54, 1.807) is 0 Å². The van der Waals surface area contributed by atoms with Gasteiger partial charge in [-0.3, -0.25) is 0 Å². The van der Waals surface area contributed by atoms with Gasteiger partial charge >= 0.3 is 0 Å². The summed E-state index contributed by atoms with van der Waals surface area (Å²) in [5.74, 6) is 2.75. The molecule has 0 aliphatic heterocycles. The summed E-state index contributed by atoms with van der Waals surface area (Å²) in [6.07, 6.45) is 21.5. The monoisotopic (exact) mass is 350 g/mol. The number of hydrogen-bond acceptors (Lipinski definition) is 0. The molecule has 3 unspecified atom stereocenters. The zero-order valence-electron chi connectivity index (χ0n) is 18.9. The van der Waals surface area contributed by atoms with Crippen LogP contribution in [0.5, 0.6) is 0 Å². The summed E-state index contributed by atoms with van der Waals surface area (Å²) >= 11 is 0. The Morgan fingerprint density at radius 2 is 0.720 bits per heavy atom. The SMILES string of the molecule is CCCCCCC(C)B(C(C)CCCCCC)C(C)CCCCCC. The maximum absolute atomic E-state index is 2.57. The lowest BCUT2D eigenvalue weighted by Gasteiger charge is -2.32. The molecule has 0 fully saturated rings. The van der Waals surface area contributed by atoms with Crippen molar-refractivity contribution < 1.29 is 0 Å². The minimum Gasteiger partial charge on any atom is -0.0690 e. The highest BCUT2D eigenvalue weighted by Crippen LogP contribution is 2.39. The van der Waals surface area contributed by atoms with Crippen LogP contribution < -0.4 is 0 Å². The van der Waals surface area contributed by atoms with Crippen molar-refractivity contribution in [2.45, 2.75) is 155 Å². The molecule has 1 heteroatoms. The Morgan fingerprint density at radius 3 is 0.960 bits per heavy atom. The average Bonchev–Trinajstić information content (AvgIpc) is 2.59. The molecule has 3 atom stereocenters. The van der Waals surface area contributed by atoms with Crippen LogP contribution in [-0.2, 0) is 0 Å². The second-order valence-corrected chi connectivity index (χ2v) is 9.06. The van der Waals surface area contributed by atoms with Gasteiger partial charge in [0.1, 0.15) is 6.71 Å². The van der Waals surface area contributed by atoms with Gasteiger partial charge in [0.25, 0.3) is 0 Å². The average molecular weight is 350 g/mol. The normalized spacial score (nSPS) is 15.1. The Morgan fingerprint density at radius 1 is 0.440 bits per heavy atom. The minimum atomic E-state index is 0.916. The van der Waals surface area contributed by atoms with Gasteiger partial charge in [0.15, 0.2) is 0 Å². The van der Waals surface area contributed by atoms with E-state index in [-0.39, 0.29) is 0 Å². The van der Waals surface area contributed by atoms with E-state index >= 15 is 0 Å². The summed E-state index contributed by atoms with van der Waals surface area (Å²) in [4.78, 5) is 0. The van der Waals surface area contributed by atoms with Crippen molar-refractivity contribution in [3.8, 4) is 0 Å². The quantitative estimate of drug-likeness (QED) is 0.170. The fourth-order valence-electron chi connectivity index (χ4n) is 4.94. The van der Waals surface area contributed by atoms with Crippen LogP contribution in [0.15, 0.2) is 0 Å². The van der Waals surface area contributed by atoms with Gasteiger partial charge in [-0.2, -0.15) is 0 Å². The molecule has 0 aromatic carbocycles. The summed E-state index contributed by atoms with van der Waals surface area (Å²) in [6.45, 7) is 15.6. The molecule has 0 rings (SSSR count). The second-order valence-electron chi connectivity index (χ2n) is 9.06. The van der Waals surface area contributed by atoms with E-state index in [4.69, 9.17) is 0 Å². The number of rotatable bonds is 18. The Bertz CT molecular complexity index is 220. The van der Waals surface area contributed by atoms with E-state index in [0.717, 1.165) is 24.2 Å². The third-order valence-corrected chi connectivity index (χ3v) is 6.51. The van der Waals surface area contributed by atoms with Gasteiger partial charge in [-0.05, 0) is 0 Å². The first-order valence-corrected chi connectivity index (χ1v) is 12.1. The first-order valence-electron chi connectivity index (χ1n) is 12.1. The Hall–Kier alpha value is 0.0649. The van der Waals surface area contributed by atoms with Gasteiger partial charge in [-0.15, -0.1) is 0 Å². The molecule has 0 aromatic heterocycles. The van der Waals surface area contributed by atoms with Gasteiger partial charge in [0.05, 0.1) is 0 Å². The van der Waals surface area contributed by atoms with Crippen LogP contribution in [0, 0.1) is 0 Å². The van der Waals surface area contributed by atoms with E-state index < -0.39 is 0 Å². The van der Waals surface area contributed by atoms with Crippen LogP contribution >= 0.6 is 0 Å². The summed E-state index contributed by atoms with van der Waals surface area (Å²) in [7, 11) is 0. The lowest BCUT2D eigenvalue weighted by Crippen LogP contribution is -2.29. The van der Waals surface area contributed by atoms with Crippen molar-refractivity contribution in [3.63, 3.8) is 0 Å². The first kappa shape index (κ1) is 25.1. The smallest absolute Gasteiger partial charge is 0.0690 e. The first-order chi connectivity index (χ1) is 12.1. The van der Waals surface area contributed by atoms with E-state index in [2.05, 4.69) is 41.5 Å². The third kappa shape index (κ3) is 13.0. The third-order valence-electron chi connectivity index (χ3n) is 6.51. The Kier molecular flexibility index (Phi) is 17.5. The fraction of sp³-hybridized carbons (Fsp3) is 1.00. The summed E-state index contributed by atoms with van der Waals surface area (Å²) in [5.41, 5.74) is 0. The predicted molar refractivity (Wildman–Crippen MR) is 120 cm³/mol. The van der Waals surface area contributed by atoms with Gasteiger partial charge in [-0.1, -0.05) is 155 Å². The largest absolute Gasteiger partial charge is 0.148 e. The van der Waals surface area contributed by atoms with Gasteiger partial charge in [0.2, 0.25) is 0 Å². The Balaban J connectivity index is 4.49. The van der Waals surface area contributed by atoms with Crippen LogP contribution in [0.3, 0.4) is 0 Å². The zero-order valence-corrected chi connectivity index (χ0v) is 18.9. The van der Waals surface area contributed by atoms with Crippen LogP contribution in [0.4, 0.5) is 0 Å². The lowest BCUT2D eigenvalue weighted by molar-refractivity contribution is 0.570. The summed E-state index contributed by atoms with van der Waals surface area (Å²) in [6, 6.07) is 0. The molecule has 0 nitrogen and oxygen atoms in total. The van der Waals surface area contributed by atoms with E-state index in [1.165, 1.54) is 96.3 Å². The van der Waals surface area contributed by atoms with Crippen molar-refractivity contribution in [1.82, 2.24) is 0 Å². The lowest BCUT2D eigenvalue weighted by atomic mass is 9.27. The molecule has 150 valence electrons. The molecular formula is C24H51B. The Labute approximate surface area is 162 Å². The fourth-order valence-corrected chi connectivity index (χ4v) is 4.94. The van der Waals surface area contributed by atoms with Crippen LogP contribution in [-0.4, -0.2) is 6.71 Å². The van der Waals surface area contributed by atoms with Gasteiger partial charge < -0.3 is 0 Å². The van der Waals surface area contributed by atoms with E-state index in [0.29, 0.717) is 0 Å². The molecular weight excluding hydrogens is 299 g/mol. The molecule has 0 N–H and O–H groups in total. The highest BCUT2D eigenvalue weighted by molar-refractivity contribution is 6.63. The molecule has 0 saturated heterocycles. The molecule has 0 bridgehead atoms. The van der Waals surface area contributed by atoms with Gasteiger partial charge in [-0.25, -0.2) is 0 Å². The molecule has 0 aliphatic rings. The van der Waals surface area contributed by atoms with Gasteiger partial charge in [0, 0.05) is 0 Å². The molecule has 0 radical (unpaired) electrons. The number of hydrogen-bond donors (Lipinski definition) is 0. The summed E-state index contributed by atoms with van der Waals surface area (Å²) in [5, 5.41) is 0. The van der Waals surface area contributed by atoms with Crippen LogP contribution in [0.1, 0.15) is 138 Å². The van der Waals surface area contributed by atoms with Crippen molar-refractivity contribution in [2.75, 3.05) is 0 Å². The van der Waals surface area contributed by atoms with E-state index in [9.17, 15) is 0 Å². The molecule has 0 aromatic rings. The van der Waals surface area contributed by atoms with Crippen molar-refractivity contribution in [3.05, 3.63) is 0 Å². The topological polar surface area (TPSA) is 0 Å². The molecule has 0 heterocycles. The maximum Gasteiger partial charge on any atom is 0.148 e. The molecule has 0 spiro atoms. The molecule has 0 amide bonds. The minimum absolute atomic E-state index is 0.916. The highest BCUT2D eigenvalue weighted by Gasteiger charge is 2.31.